The minimum atomic E-state index is -1.30. The van der Waals surface area contributed by atoms with E-state index in [1.165, 1.54) is 0 Å². The van der Waals surface area contributed by atoms with Crippen LogP contribution in [0.25, 0.3) is 0 Å². The molecule has 0 aromatic heterocycles. The lowest BCUT2D eigenvalue weighted by atomic mass is 10.2. The van der Waals surface area contributed by atoms with E-state index in [0.717, 1.165) is 18.2 Å². The first-order valence-corrected chi connectivity index (χ1v) is 5.37. The van der Waals surface area contributed by atoms with Gasteiger partial charge in [-0.3, -0.25) is 0 Å². The molecule has 1 aromatic rings. The van der Waals surface area contributed by atoms with Gasteiger partial charge in [-0.2, -0.15) is 0 Å². The second-order valence-electron chi connectivity index (χ2n) is 3.71. The van der Waals surface area contributed by atoms with Gasteiger partial charge in [0.1, 0.15) is 11.6 Å². The molecule has 0 radical (unpaired) electrons. The molecular weight excluding hydrogens is 243 g/mol. The summed E-state index contributed by atoms with van der Waals surface area (Å²) < 4.78 is 18.2. The molecule has 0 saturated heterocycles. The lowest BCUT2D eigenvalue weighted by Crippen LogP contribution is -2.26. The number of hydrogen-bond acceptors (Lipinski definition) is 3. The second kappa shape index (κ2) is 6.00. The molecule has 0 aliphatic heterocycles. The largest absolute Gasteiger partial charge is 0.479 e. The van der Waals surface area contributed by atoms with E-state index < -0.39 is 23.9 Å². The summed E-state index contributed by atoms with van der Waals surface area (Å²) in [5, 5.41) is 17.6. The van der Waals surface area contributed by atoms with Gasteiger partial charge >= 0.3 is 11.9 Å². The van der Waals surface area contributed by atoms with E-state index in [-0.39, 0.29) is 17.7 Å². The van der Waals surface area contributed by atoms with Gasteiger partial charge in [0, 0.05) is 6.07 Å². The molecule has 6 heteroatoms. The minimum Gasteiger partial charge on any atom is -0.479 e. The Kier molecular flexibility index (Phi) is 4.65. The average molecular weight is 256 g/mol. The van der Waals surface area contributed by atoms with E-state index >= 15 is 0 Å². The molecule has 0 aliphatic carbocycles. The summed E-state index contributed by atoms with van der Waals surface area (Å²) in [6.07, 6.45) is -0.273. The Morgan fingerprint density at radius 3 is 2.50 bits per heavy atom. The van der Waals surface area contributed by atoms with Gasteiger partial charge < -0.3 is 14.9 Å². The SMILES string of the molecule is CCCC(Oc1cc(F)cc(C(=O)O)c1)C(=O)O. The summed E-state index contributed by atoms with van der Waals surface area (Å²) in [6, 6.07) is 2.89. The molecule has 0 spiro atoms. The molecule has 0 saturated carbocycles. The molecule has 0 amide bonds. The molecular formula is C12H13FO5. The highest BCUT2D eigenvalue weighted by Gasteiger charge is 2.19. The minimum absolute atomic E-state index is 0.103. The van der Waals surface area contributed by atoms with Crippen molar-refractivity contribution in [3.63, 3.8) is 0 Å². The van der Waals surface area contributed by atoms with Crippen molar-refractivity contribution in [3.05, 3.63) is 29.6 Å². The lowest BCUT2D eigenvalue weighted by molar-refractivity contribution is -0.145. The molecule has 18 heavy (non-hydrogen) atoms. The highest BCUT2D eigenvalue weighted by Crippen LogP contribution is 2.19. The van der Waals surface area contributed by atoms with Gasteiger partial charge in [-0.25, -0.2) is 14.0 Å². The highest BCUT2D eigenvalue weighted by atomic mass is 19.1. The van der Waals surface area contributed by atoms with Crippen molar-refractivity contribution in [2.75, 3.05) is 0 Å². The molecule has 1 atom stereocenters. The van der Waals surface area contributed by atoms with Gasteiger partial charge in [-0.05, 0) is 18.6 Å². The number of aromatic carboxylic acids is 1. The number of carboxylic acids is 2. The number of rotatable bonds is 6. The molecule has 0 aliphatic rings. The summed E-state index contributed by atoms with van der Waals surface area (Å²) in [7, 11) is 0. The van der Waals surface area contributed by atoms with Crippen LogP contribution < -0.4 is 4.74 Å². The number of benzene rings is 1. The third-order valence-corrected chi connectivity index (χ3v) is 2.22. The van der Waals surface area contributed by atoms with Crippen LogP contribution in [0.3, 0.4) is 0 Å². The van der Waals surface area contributed by atoms with Gasteiger partial charge in [-0.15, -0.1) is 0 Å². The first-order chi connectivity index (χ1) is 8.43. The topological polar surface area (TPSA) is 83.8 Å². The number of halogens is 1. The summed E-state index contributed by atoms with van der Waals surface area (Å²) in [4.78, 5) is 21.6. The zero-order valence-corrected chi connectivity index (χ0v) is 9.72. The van der Waals surface area contributed by atoms with Crippen LogP contribution in [-0.4, -0.2) is 28.3 Å². The molecule has 1 unspecified atom stereocenters. The Balaban J connectivity index is 2.95. The van der Waals surface area contributed by atoms with E-state index in [0.29, 0.717) is 6.42 Å². The Labute approximate surface area is 103 Å². The van der Waals surface area contributed by atoms with Crippen LogP contribution in [0.15, 0.2) is 18.2 Å². The zero-order valence-electron chi connectivity index (χ0n) is 9.72. The summed E-state index contributed by atoms with van der Waals surface area (Å²) in [6.45, 7) is 1.79. The molecule has 0 bridgehead atoms. The van der Waals surface area contributed by atoms with Crippen molar-refractivity contribution < 1.29 is 28.9 Å². The van der Waals surface area contributed by atoms with E-state index in [4.69, 9.17) is 14.9 Å². The lowest BCUT2D eigenvalue weighted by Gasteiger charge is -2.14. The first kappa shape index (κ1) is 14.0. The summed E-state index contributed by atoms with van der Waals surface area (Å²) in [5.41, 5.74) is -0.286. The van der Waals surface area contributed by atoms with Gasteiger partial charge in [0.15, 0.2) is 6.10 Å². The standard InChI is InChI=1S/C12H13FO5/c1-2-3-10(12(16)17)18-9-5-7(11(14)15)4-8(13)6-9/h4-6,10H,2-3H2,1H3,(H,14,15)(H,16,17). The zero-order chi connectivity index (χ0) is 13.7. The fraction of sp³-hybridized carbons (Fsp3) is 0.333. The molecule has 2 N–H and O–H groups in total. The molecule has 0 heterocycles. The van der Waals surface area contributed by atoms with E-state index in [1.54, 1.807) is 6.92 Å². The van der Waals surface area contributed by atoms with Crippen LogP contribution in [-0.2, 0) is 4.79 Å². The van der Waals surface area contributed by atoms with Gasteiger partial charge in [0.25, 0.3) is 0 Å². The predicted octanol–water partition coefficient (Wildman–Crippen LogP) is 2.16. The molecule has 0 fully saturated rings. The van der Waals surface area contributed by atoms with E-state index in [9.17, 15) is 14.0 Å². The van der Waals surface area contributed by atoms with Crippen molar-refractivity contribution in [1.82, 2.24) is 0 Å². The Morgan fingerprint density at radius 1 is 1.33 bits per heavy atom. The van der Waals surface area contributed by atoms with Gasteiger partial charge in [0.2, 0.25) is 0 Å². The Hall–Kier alpha value is -2.11. The van der Waals surface area contributed by atoms with Gasteiger partial charge in [0.05, 0.1) is 5.56 Å². The number of hydrogen-bond donors (Lipinski definition) is 2. The third-order valence-electron chi connectivity index (χ3n) is 2.22. The number of ether oxygens (including phenoxy) is 1. The van der Waals surface area contributed by atoms with Crippen LogP contribution >= 0.6 is 0 Å². The van der Waals surface area contributed by atoms with Crippen LogP contribution in [0.1, 0.15) is 30.1 Å². The maximum Gasteiger partial charge on any atom is 0.344 e. The monoisotopic (exact) mass is 256 g/mol. The normalized spacial score (nSPS) is 11.9. The molecule has 1 rings (SSSR count). The molecule has 5 nitrogen and oxygen atoms in total. The number of aliphatic carboxylic acids is 1. The fourth-order valence-electron chi connectivity index (χ4n) is 1.41. The van der Waals surface area contributed by atoms with Crippen LogP contribution in [0.4, 0.5) is 4.39 Å². The molecule has 1 aromatic carbocycles. The second-order valence-corrected chi connectivity index (χ2v) is 3.71. The highest BCUT2D eigenvalue weighted by molar-refractivity contribution is 5.88. The smallest absolute Gasteiger partial charge is 0.344 e. The number of carboxylic acid groups (broad SMARTS) is 2. The number of carbonyl (C=O) groups is 2. The maximum atomic E-state index is 13.1. The Bertz CT molecular complexity index is 458. The van der Waals surface area contributed by atoms with Crippen LogP contribution in [0.5, 0.6) is 5.75 Å². The van der Waals surface area contributed by atoms with Crippen molar-refractivity contribution in [2.45, 2.75) is 25.9 Å². The van der Waals surface area contributed by atoms with E-state index in [1.807, 2.05) is 0 Å². The predicted molar refractivity (Wildman–Crippen MR) is 60.3 cm³/mol. The van der Waals surface area contributed by atoms with Crippen LogP contribution in [0, 0.1) is 5.82 Å². The van der Waals surface area contributed by atoms with E-state index in [2.05, 4.69) is 0 Å². The van der Waals surface area contributed by atoms with Crippen LogP contribution in [0.2, 0.25) is 0 Å². The van der Waals surface area contributed by atoms with Crippen molar-refractivity contribution in [2.24, 2.45) is 0 Å². The van der Waals surface area contributed by atoms with Gasteiger partial charge in [-0.1, -0.05) is 13.3 Å². The molecule has 98 valence electrons. The summed E-state index contributed by atoms with van der Waals surface area (Å²) in [5.74, 6) is -3.36. The fourth-order valence-corrected chi connectivity index (χ4v) is 1.41. The third kappa shape index (κ3) is 3.73. The maximum absolute atomic E-state index is 13.1. The Morgan fingerprint density at radius 2 is 2.00 bits per heavy atom. The van der Waals surface area contributed by atoms with Crippen molar-refractivity contribution in [3.8, 4) is 5.75 Å². The first-order valence-electron chi connectivity index (χ1n) is 5.37. The van der Waals surface area contributed by atoms with Crippen molar-refractivity contribution >= 4 is 11.9 Å². The average Bonchev–Trinajstić information content (AvgIpc) is 2.27. The van der Waals surface area contributed by atoms with Crippen molar-refractivity contribution in [1.29, 1.82) is 0 Å². The quantitative estimate of drug-likeness (QED) is 0.814. The summed E-state index contributed by atoms with van der Waals surface area (Å²) >= 11 is 0.